The third-order valence-electron chi connectivity index (χ3n) is 4.47. The first kappa shape index (κ1) is 18.9. The molecule has 26 heavy (non-hydrogen) atoms. The number of imidazole rings is 1. The van der Waals surface area contributed by atoms with Gasteiger partial charge in [-0.25, -0.2) is 4.98 Å². The Hall–Kier alpha value is -1.83. The van der Waals surface area contributed by atoms with Gasteiger partial charge in [-0.1, -0.05) is 17.8 Å². The number of aromatic nitrogens is 2. The van der Waals surface area contributed by atoms with E-state index in [2.05, 4.69) is 15.2 Å². The highest BCUT2D eigenvalue weighted by atomic mass is 32.2. The summed E-state index contributed by atoms with van der Waals surface area (Å²) >= 11 is 1.58. The zero-order valence-corrected chi connectivity index (χ0v) is 16.0. The predicted octanol–water partition coefficient (Wildman–Crippen LogP) is 2.44. The molecule has 0 bridgehead atoms. The van der Waals surface area contributed by atoms with Crippen LogP contribution in [0.1, 0.15) is 23.2 Å². The first-order valence-electron chi connectivity index (χ1n) is 9.04. The minimum Gasteiger partial charge on any atom is -0.379 e. The van der Waals surface area contributed by atoms with Gasteiger partial charge in [0.2, 0.25) is 0 Å². The Morgan fingerprint density at radius 1 is 1.31 bits per heavy atom. The fraction of sp³-hybridized carbons (Fsp3) is 0.474. The van der Waals surface area contributed by atoms with Crippen molar-refractivity contribution in [3.8, 4) is 5.69 Å². The van der Waals surface area contributed by atoms with E-state index >= 15 is 0 Å². The Kier molecular flexibility index (Phi) is 7.11. The number of carbonyl (C=O) groups excluding carboxylic acids is 1. The van der Waals surface area contributed by atoms with Crippen molar-refractivity contribution in [3.05, 3.63) is 42.2 Å². The number of ether oxygens (including phenoxy) is 1. The quantitative estimate of drug-likeness (QED) is 0.568. The van der Waals surface area contributed by atoms with Crippen LogP contribution in [0, 0.1) is 0 Å². The number of nitrogens with one attached hydrogen (secondary N) is 1. The number of benzene rings is 1. The van der Waals surface area contributed by atoms with Crippen molar-refractivity contribution >= 4 is 17.7 Å². The van der Waals surface area contributed by atoms with Gasteiger partial charge in [0, 0.05) is 43.3 Å². The zero-order valence-electron chi connectivity index (χ0n) is 15.2. The van der Waals surface area contributed by atoms with Crippen LogP contribution < -0.4 is 5.32 Å². The van der Waals surface area contributed by atoms with Crippen molar-refractivity contribution in [2.45, 2.75) is 18.0 Å². The first-order chi connectivity index (χ1) is 12.8. The van der Waals surface area contributed by atoms with Crippen LogP contribution in [0.3, 0.4) is 0 Å². The van der Waals surface area contributed by atoms with Gasteiger partial charge in [0.15, 0.2) is 5.16 Å². The predicted molar refractivity (Wildman–Crippen MR) is 104 cm³/mol. The summed E-state index contributed by atoms with van der Waals surface area (Å²) in [7, 11) is 0. The number of morpholine rings is 1. The molecule has 2 aromatic rings. The highest BCUT2D eigenvalue weighted by Gasteiger charge is 2.10. The van der Waals surface area contributed by atoms with Crippen LogP contribution in [0.15, 0.2) is 41.8 Å². The monoisotopic (exact) mass is 374 g/mol. The molecule has 1 aliphatic heterocycles. The van der Waals surface area contributed by atoms with Crippen LogP contribution in [0.5, 0.6) is 0 Å². The molecule has 1 aromatic carbocycles. The smallest absolute Gasteiger partial charge is 0.251 e. The molecule has 3 rings (SSSR count). The summed E-state index contributed by atoms with van der Waals surface area (Å²) in [6.07, 6.45) is 7.75. The average molecular weight is 375 g/mol. The highest BCUT2D eigenvalue weighted by molar-refractivity contribution is 7.98. The lowest BCUT2D eigenvalue weighted by Crippen LogP contribution is -2.37. The van der Waals surface area contributed by atoms with Gasteiger partial charge in [0.25, 0.3) is 5.91 Å². The Bertz CT molecular complexity index is 713. The maximum absolute atomic E-state index is 12.4. The molecule has 0 spiro atoms. The van der Waals surface area contributed by atoms with Gasteiger partial charge in [-0.05, 0) is 43.8 Å². The number of amides is 1. The molecule has 0 saturated carbocycles. The van der Waals surface area contributed by atoms with Gasteiger partial charge in [0.1, 0.15) is 0 Å². The van der Waals surface area contributed by atoms with Crippen molar-refractivity contribution in [2.24, 2.45) is 0 Å². The molecule has 140 valence electrons. The molecular formula is C19H26N4O2S. The summed E-state index contributed by atoms with van der Waals surface area (Å²) in [5.41, 5.74) is 1.63. The second-order valence-corrected chi connectivity index (χ2v) is 7.02. The molecule has 0 aliphatic carbocycles. The SMILES string of the molecule is CSc1nccn1-c1cccc(C(=O)NCCCCN2CCOCC2)c1. The lowest BCUT2D eigenvalue weighted by molar-refractivity contribution is 0.0372. The molecule has 0 unspecified atom stereocenters. The summed E-state index contributed by atoms with van der Waals surface area (Å²) in [6.45, 7) is 5.49. The molecule has 1 aromatic heterocycles. The van der Waals surface area contributed by atoms with E-state index in [0.29, 0.717) is 12.1 Å². The van der Waals surface area contributed by atoms with Crippen LogP contribution in [-0.4, -0.2) is 66.0 Å². The van der Waals surface area contributed by atoms with Crippen molar-refractivity contribution in [3.63, 3.8) is 0 Å². The van der Waals surface area contributed by atoms with E-state index in [1.165, 1.54) is 0 Å². The van der Waals surface area contributed by atoms with Crippen molar-refractivity contribution in [1.82, 2.24) is 19.8 Å². The van der Waals surface area contributed by atoms with Crippen molar-refractivity contribution in [1.29, 1.82) is 0 Å². The molecule has 1 fully saturated rings. The van der Waals surface area contributed by atoms with E-state index in [4.69, 9.17) is 4.74 Å². The van der Waals surface area contributed by atoms with Gasteiger partial charge >= 0.3 is 0 Å². The van der Waals surface area contributed by atoms with E-state index in [0.717, 1.165) is 56.5 Å². The van der Waals surface area contributed by atoms with Crippen molar-refractivity contribution in [2.75, 3.05) is 45.6 Å². The average Bonchev–Trinajstić information content (AvgIpc) is 3.17. The van der Waals surface area contributed by atoms with Gasteiger partial charge < -0.3 is 10.1 Å². The Morgan fingerprint density at radius 2 is 2.15 bits per heavy atom. The standard InChI is InChI=1S/C19H26N4O2S/c1-26-19-21-8-10-23(19)17-6-4-5-16(15-17)18(24)20-7-2-3-9-22-11-13-25-14-12-22/h4-6,8,10,15H,2-3,7,9,11-14H2,1H3,(H,20,24). The van der Waals surface area contributed by atoms with Gasteiger partial charge in [-0.2, -0.15) is 0 Å². The number of rotatable bonds is 8. The van der Waals surface area contributed by atoms with Crippen LogP contribution >= 0.6 is 11.8 Å². The second-order valence-electron chi connectivity index (χ2n) is 6.25. The Morgan fingerprint density at radius 3 is 2.96 bits per heavy atom. The molecular weight excluding hydrogens is 348 g/mol. The number of nitrogens with zero attached hydrogens (tertiary/aromatic N) is 3. The molecule has 0 radical (unpaired) electrons. The van der Waals surface area contributed by atoms with Gasteiger partial charge in [-0.15, -0.1) is 0 Å². The van der Waals surface area contributed by atoms with Crippen LogP contribution in [0.4, 0.5) is 0 Å². The van der Waals surface area contributed by atoms with E-state index in [-0.39, 0.29) is 5.91 Å². The van der Waals surface area contributed by atoms with E-state index in [1.54, 1.807) is 18.0 Å². The second kappa shape index (κ2) is 9.75. The molecule has 1 aliphatic rings. The molecule has 1 saturated heterocycles. The third kappa shape index (κ3) is 5.09. The molecule has 7 heteroatoms. The van der Waals surface area contributed by atoms with Gasteiger partial charge in [0.05, 0.1) is 13.2 Å². The lowest BCUT2D eigenvalue weighted by atomic mass is 10.2. The van der Waals surface area contributed by atoms with E-state index in [1.807, 2.05) is 41.3 Å². The largest absolute Gasteiger partial charge is 0.379 e. The van der Waals surface area contributed by atoms with Crippen LogP contribution in [-0.2, 0) is 4.74 Å². The van der Waals surface area contributed by atoms with Gasteiger partial charge in [-0.3, -0.25) is 14.3 Å². The summed E-state index contributed by atoms with van der Waals surface area (Å²) in [5, 5.41) is 3.93. The summed E-state index contributed by atoms with van der Waals surface area (Å²) in [4.78, 5) is 19.1. The highest BCUT2D eigenvalue weighted by Crippen LogP contribution is 2.18. The summed E-state index contributed by atoms with van der Waals surface area (Å²) in [6, 6.07) is 7.65. The third-order valence-corrected chi connectivity index (χ3v) is 5.13. The maximum atomic E-state index is 12.4. The van der Waals surface area contributed by atoms with Crippen molar-refractivity contribution < 1.29 is 9.53 Å². The van der Waals surface area contributed by atoms with E-state index < -0.39 is 0 Å². The minimum absolute atomic E-state index is 0.0240. The number of unbranched alkanes of at least 4 members (excludes halogenated alkanes) is 1. The number of thioether (sulfide) groups is 1. The van der Waals surface area contributed by atoms with E-state index in [9.17, 15) is 4.79 Å². The number of hydrogen-bond acceptors (Lipinski definition) is 5. The fourth-order valence-corrected chi connectivity index (χ4v) is 3.55. The zero-order chi connectivity index (χ0) is 18.2. The van der Waals surface area contributed by atoms with Crippen LogP contribution in [0.25, 0.3) is 5.69 Å². The summed E-state index contributed by atoms with van der Waals surface area (Å²) < 4.78 is 7.34. The first-order valence-corrected chi connectivity index (χ1v) is 10.3. The lowest BCUT2D eigenvalue weighted by Gasteiger charge is -2.26. The number of carbonyl (C=O) groups is 1. The fourth-order valence-electron chi connectivity index (χ4n) is 3.02. The minimum atomic E-state index is -0.0240. The Balaban J connectivity index is 1.46. The molecule has 6 nitrogen and oxygen atoms in total. The van der Waals surface area contributed by atoms with Crippen LogP contribution in [0.2, 0.25) is 0 Å². The maximum Gasteiger partial charge on any atom is 0.251 e. The topological polar surface area (TPSA) is 59.4 Å². The number of hydrogen-bond donors (Lipinski definition) is 1. The Labute approximate surface area is 158 Å². The normalized spacial score (nSPS) is 15.1. The molecule has 1 N–H and O–H groups in total. The molecule has 0 atom stereocenters. The summed E-state index contributed by atoms with van der Waals surface area (Å²) in [5.74, 6) is -0.0240. The molecule has 1 amide bonds. The molecule has 2 heterocycles.